The SMILES string of the molecule is CC(C)(C)[Si](OCC1(F)CCOC1)(c1ccccc1)c1ccccc1. The van der Waals surface area contributed by atoms with Crippen molar-refractivity contribution < 1.29 is 13.6 Å². The molecule has 4 heteroatoms. The van der Waals surface area contributed by atoms with Crippen molar-refractivity contribution in [2.75, 3.05) is 19.8 Å². The summed E-state index contributed by atoms with van der Waals surface area (Å²) >= 11 is 0. The predicted octanol–water partition coefficient (Wildman–Crippen LogP) is 3.69. The van der Waals surface area contributed by atoms with E-state index in [2.05, 4.69) is 45.0 Å². The molecule has 3 rings (SSSR count). The lowest BCUT2D eigenvalue weighted by atomic mass is 10.1. The van der Waals surface area contributed by atoms with Gasteiger partial charge in [-0.05, 0) is 15.4 Å². The summed E-state index contributed by atoms with van der Waals surface area (Å²) in [5, 5.41) is 2.22. The number of hydrogen-bond donors (Lipinski definition) is 0. The van der Waals surface area contributed by atoms with Crippen LogP contribution in [0.3, 0.4) is 0 Å². The van der Waals surface area contributed by atoms with Crippen LogP contribution in [0.5, 0.6) is 0 Å². The van der Waals surface area contributed by atoms with Gasteiger partial charge in [0, 0.05) is 13.0 Å². The normalized spacial score (nSPS) is 21.4. The molecule has 0 aliphatic carbocycles. The number of rotatable bonds is 5. The molecule has 0 aromatic heterocycles. The Balaban J connectivity index is 2.08. The van der Waals surface area contributed by atoms with Crippen molar-refractivity contribution in [2.24, 2.45) is 0 Å². The summed E-state index contributed by atoms with van der Waals surface area (Å²) in [5.74, 6) is 0. The Labute approximate surface area is 151 Å². The maximum absolute atomic E-state index is 15.0. The highest BCUT2D eigenvalue weighted by Gasteiger charge is 2.51. The Morgan fingerprint density at radius 1 is 1.00 bits per heavy atom. The number of hydrogen-bond acceptors (Lipinski definition) is 2. The van der Waals surface area contributed by atoms with Crippen LogP contribution in [0.15, 0.2) is 60.7 Å². The largest absolute Gasteiger partial charge is 0.404 e. The molecule has 0 saturated carbocycles. The van der Waals surface area contributed by atoms with Crippen molar-refractivity contribution in [1.82, 2.24) is 0 Å². The van der Waals surface area contributed by atoms with Crippen LogP contribution in [0.25, 0.3) is 0 Å². The molecular weight excluding hydrogens is 331 g/mol. The first-order valence-corrected chi connectivity index (χ1v) is 10.8. The fourth-order valence-corrected chi connectivity index (χ4v) is 8.33. The molecule has 2 aromatic rings. The summed E-state index contributed by atoms with van der Waals surface area (Å²) in [6.07, 6.45) is 0.408. The summed E-state index contributed by atoms with van der Waals surface area (Å²) in [4.78, 5) is 0. The van der Waals surface area contributed by atoms with Crippen molar-refractivity contribution in [3.05, 3.63) is 60.7 Å². The van der Waals surface area contributed by atoms with Crippen molar-refractivity contribution in [1.29, 1.82) is 0 Å². The Bertz CT molecular complexity index is 637. The molecule has 2 aromatic carbocycles. The number of halogens is 1. The molecule has 0 bridgehead atoms. The lowest BCUT2D eigenvalue weighted by Crippen LogP contribution is -2.67. The molecule has 1 aliphatic heterocycles. The van der Waals surface area contributed by atoms with Crippen LogP contribution in [0.2, 0.25) is 5.04 Å². The third-order valence-corrected chi connectivity index (χ3v) is 10.0. The quantitative estimate of drug-likeness (QED) is 0.759. The Kier molecular flexibility index (Phi) is 5.14. The minimum absolute atomic E-state index is 0.0836. The zero-order valence-corrected chi connectivity index (χ0v) is 16.3. The highest BCUT2D eigenvalue weighted by molar-refractivity contribution is 6.99. The van der Waals surface area contributed by atoms with E-state index in [0.29, 0.717) is 13.0 Å². The molecule has 1 aliphatic rings. The molecule has 0 amide bonds. The molecule has 2 nitrogen and oxygen atoms in total. The van der Waals surface area contributed by atoms with Gasteiger partial charge in [-0.15, -0.1) is 0 Å². The lowest BCUT2D eigenvalue weighted by molar-refractivity contribution is 0.0604. The van der Waals surface area contributed by atoms with Crippen molar-refractivity contribution in [3.63, 3.8) is 0 Å². The molecule has 1 saturated heterocycles. The van der Waals surface area contributed by atoms with Crippen molar-refractivity contribution in [2.45, 2.75) is 37.9 Å². The van der Waals surface area contributed by atoms with Gasteiger partial charge in [-0.2, -0.15) is 0 Å². The molecule has 1 atom stereocenters. The number of benzene rings is 2. The van der Waals surface area contributed by atoms with E-state index in [1.807, 2.05) is 36.4 Å². The van der Waals surface area contributed by atoms with Gasteiger partial charge in [0.1, 0.15) is 0 Å². The molecule has 0 N–H and O–H groups in total. The molecule has 1 fully saturated rings. The van der Waals surface area contributed by atoms with Gasteiger partial charge in [-0.1, -0.05) is 81.4 Å². The number of ether oxygens (including phenoxy) is 1. The van der Waals surface area contributed by atoms with Gasteiger partial charge in [0.05, 0.1) is 13.2 Å². The maximum Gasteiger partial charge on any atom is 0.261 e. The fraction of sp³-hybridized carbons (Fsp3) is 0.429. The van der Waals surface area contributed by atoms with E-state index in [-0.39, 0.29) is 18.3 Å². The van der Waals surface area contributed by atoms with Crippen molar-refractivity contribution in [3.8, 4) is 0 Å². The lowest BCUT2D eigenvalue weighted by Gasteiger charge is -2.44. The average Bonchev–Trinajstić information content (AvgIpc) is 3.03. The minimum atomic E-state index is -2.66. The minimum Gasteiger partial charge on any atom is -0.404 e. The molecule has 0 radical (unpaired) electrons. The Morgan fingerprint density at radius 3 is 1.92 bits per heavy atom. The van der Waals surface area contributed by atoms with E-state index in [1.165, 1.54) is 10.4 Å². The zero-order chi connectivity index (χ0) is 18.0. The standard InChI is InChI=1S/C21H27FO2Si/c1-20(2,3)25(18-10-6-4-7-11-18,19-12-8-5-9-13-19)24-17-21(22)14-15-23-16-21/h4-13H,14-17H2,1-3H3. The van der Waals surface area contributed by atoms with E-state index in [9.17, 15) is 0 Å². The first-order valence-electron chi connectivity index (χ1n) is 8.89. The van der Waals surface area contributed by atoms with Crippen molar-refractivity contribution >= 4 is 18.7 Å². The molecule has 0 spiro atoms. The third-order valence-electron chi connectivity index (χ3n) is 5.02. The topological polar surface area (TPSA) is 18.5 Å². The molecule has 1 heterocycles. The Hall–Kier alpha value is -1.49. The second kappa shape index (κ2) is 7.02. The van der Waals surface area contributed by atoms with Gasteiger partial charge < -0.3 is 9.16 Å². The van der Waals surface area contributed by atoms with E-state index in [0.717, 1.165) is 0 Å². The zero-order valence-electron chi connectivity index (χ0n) is 15.3. The second-order valence-electron chi connectivity index (χ2n) is 7.91. The van der Waals surface area contributed by atoms with E-state index >= 15 is 4.39 Å². The van der Waals surface area contributed by atoms with Gasteiger partial charge >= 0.3 is 0 Å². The van der Waals surface area contributed by atoms with E-state index < -0.39 is 14.0 Å². The molecular formula is C21H27FO2Si. The average molecular weight is 359 g/mol. The summed E-state index contributed by atoms with van der Waals surface area (Å²) in [6, 6.07) is 20.7. The first kappa shape index (κ1) is 18.3. The molecule has 1 unspecified atom stereocenters. The fourth-order valence-electron chi connectivity index (χ4n) is 3.70. The first-order chi connectivity index (χ1) is 11.9. The van der Waals surface area contributed by atoms with Gasteiger partial charge in [0.15, 0.2) is 5.67 Å². The van der Waals surface area contributed by atoms with Gasteiger partial charge in [0.25, 0.3) is 8.32 Å². The van der Waals surface area contributed by atoms with Crippen LogP contribution in [0.4, 0.5) is 4.39 Å². The van der Waals surface area contributed by atoms with Gasteiger partial charge in [-0.3, -0.25) is 0 Å². The predicted molar refractivity (Wildman–Crippen MR) is 103 cm³/mol. The second-order valence-corrected chi connectivity index (χ2v) is 12.2. The highest BCUT2D eigenvalue weighted by atomic mass is 28.4. The van der Waals surface area contributed by atoms with E-state index in [1.54, 1.807) is 0 Å². The van der Waals surface area contributed by atoms with Gasteiger partial charge in [0.2, 0.25) is 0 Å². The van der Waals surface area contributed by atoms with Gasteiger partial charge in [-0.25, -0.2) is 4.39 Å². The summed E-state index contributed by atoms with van der Waals surface area (Å²) in [7, 11) is -2.66. The highest BCUT2D eigenvalue weighted by Crippen LogP contribution is 2.38. The summed E-state index contributed by atoms with van der Waals surface area (Å²) in [5.41, 5.74) is -1.38. The van der Waals surface area contributed by atoms with Crippen LogP contribution in [-0.4, -0.2) is 33.8 Å². The van der Waals surface area contributed by atoms with Crippen LogP contribution < -0.4 is 10.4 Å². The van der Waals surface area contributed by atoms with E-state index in [4.69, 9.17) is 9.16 Å². The third kappa shape index (κ3) is 3.57. The molecule has 25 heavy (non-hydrogen) atoms. The summed E-state index contributed by atoms with van der Waals surface area (Å²) < 4.78 is 27.0. The smallest absolute Gasteiger partial charge is 0.261 e. The van der Waals surface area contributed by atoms with Crippen LogP contribution >= 0.6 is 0 Å². The maximum atomic E-state index is 15.0. The monoisotopic (exact) mass is 358 g/mol. The number of alkyl halides is 1. The molecule has 134 valence electrons. The Morgan fingerprint density at radius 2 is 1.52 bits per heavy atom. The van der Waals surface area contributed by atoms with Crippen LogP contribution in [0.1, 0.15) is 27.2 Å². The van der Waals surface area contributed by atoms with Crippen LogP contribution in [0, 0.1) is 0 Å². The summed E-state index contributed by atoms with van der Waals surface area (Å²) in [6.45, 7) is 7.30. The van der Waals surface area contributed by atoms with Crippen LogP contribution in [-0.2, 0) is 9.16 Å².